The van der Waals surface area contributed by atoms with Gasteiger partial charge < -0.3 is 25.4 Å². The van der Waals surface area contributed by atoms with Crippen molar-refractivity contribution in [3.63, 3.8) is 0 Å². The van der Waals surface area contributed by atoms with E-state index in [9.17, 15) is 0 Å². The zero-order chi connectivity index (χ0) is 19.5. The fourth-order valence-corrected chi connectivity index (χ4v) is 4.12. The Morgan fingerprint density at radius 3 is 2.89 bits per heavy atom. The summed E-state index contributed by atoms with van der Waals surface area (Å²) in [6.07, 6.45) is 0.891. The van der Waals surface area contributed by atoms with E-state index >= 15 is 0 Å². The van der Waals surface area contributed by atoms with Gasteiger partial charge in [-0.2, -0.15) is 4.99 Å². The molecule has 1 fully saturated rings. The number of hydrogen-bond donors (Lipinski definition) is 2. The maximum Gasteiger partial charge on any atom is 0.225 e. The Morgan fingerprint density at radius 2 is 2.18 bits per heavy atom. The van der Waals surface area contributed by atoms with Crippen molar-refractivity contribution in [2.24, 2.45) is 15.7 Å². The number of ether oxygens (including phenoxy) is 2. The number of nitrogens with two attached hydrogens (primary N) is 1. The first kappa shape index (κ1) is 18.7. The van der Waals surface area contributed by atoms with Crippen molar-refractivity contribution < 1.29 is 9.47 Å². The number of anilines is 2. The summed E-state index contributed by atoms with van der Waals surface area (Å²) in [4.78, 5) is 15.9. The van der Waals surface area contributed by atoms with Gasteiger partial charge in [-0.05, 0) is 18.6 Å². The smallest absolute Gasteiger partial charge is 0.225 e. The normalized spacial score (nSPS) is 19.4. The van der Waals surface area contributed by atoms with E-state index in [1.165, 1.54) is 0 Å². The van der Waals surface area contributed by atoms with Gasteiger partial charge in [0.05, 0.1) is 31.7 Å². The molecule has 9 heteroatoms. The van der Waals surface area contributed by atoms with E-state index in [1.54, 1.807) is 18.4 Å². The molecule has 4 rings (SSSR count). The molecule has 1 saturated heterocycles. The molecule has 0 radical (unpaired) electrons. The molecular weight excluding hydrogens is 376 g/mol. The second kappa shape index (κ2) is 8.15. The number of rotatable bonds is 5. The molecule has 28 heavy (non-hydrogen) atoms. The van der Waals surface area contributed by atoms with Crippen molar-refractivity contribution in [2.75, 3.05) is 43.6 Å². The van der Waals surface area contributed by atoms with Gasteiger partial charge in [-0.25, -0.2) is 9.98 Å². The number of amidine groups is 1. The molecule has 1 aromatic heterocycles. The molecule has 148 valence electrons. The third kappa shape index (κ3) is 3.81. The molecule has 0 bridgehead atoms. The second-order valence-electron chi connectivity index (χ2n) is 6.53. The van der Waals surface area contributed by atoms with Crippen LogP contribution in [0.3, 0.4) is 0 Å². The number of aromatic nitrogens is 1. The minimum absolute atomic E-state index is 0.327. The zero-order valence-corrected chi connectivity index (χ0v) is 16.8. The maximum atomic E-state index is 6.11. The topological polar surface area (TPSA) is 97.4 Å². The quantitative estimate of drug-likeness (QED) is 0.800. The number of benzene rings is 1. The van der Waals surface area contributed by atoms with Crippen LogP contribution in [0.15, 0.2) is 33.6 Å². The monoisotopic (exact) mass is 400 g/mol. The van der Waals surface area contributed by atoms with E-state index in [1.807, 2.05) is 17.5 Å². The van der Waals surface area contributed by atoms with Gasteiger partial charge >= 0.3 is 0 Å². The fourth-order valence-electron chi connectivity index (χ4n) is 3.18. The van der Waals surface area contributed by atoms with Crippen LogP contribution in [0.2, 0.25) is 0 Å². The van der Waals surface area contributed by atoms with E-state index in [-0.39, 0.29) is 6.04 Å². The number of morpholine rings is 1. The highest BCUT2D eigenvalue weighted by Crippen LogP contribution is 2.32. The van der Waals surface area contributed by atoms with Gasteiger partial charge in [-0.15, -0.1) is 11.3 Å². The summed E-state index contributed by atoms with van der Waals surface area (Å²) in [7, 11) is 1.66. The molecule has 2 aliphatic rings. The Morgan fingerprint density at radius 1 is 1.36 bits per heavy atom. The van der Waals surface area contributed by atoms with E-state index in [4.69, 9.17) is 15.2 Å². The van der Waals surface area contributed by atoms with Crippen molar-refractivity contribution in [1.29, 1.82) is 0 Å². The van der Waals surface area contributed by atoms with Crippen LogP contribution in [-0.2, 0) is 11.2 Å². The molecule has 1 unspecified atom stereocenters. The predicted octanol–water partition coefficient (Wildman–Crippen LogP) is 2.43. The van der Waals surface area contributed by atoms with E-state index in [2.05, 4.69) is 38.2 Å². The lowest BCUT2D eigenvalue weighted by Crippen LogP contribution is -2.36. The predicted molar refractivity (Wildman–Crippen MR) is 113 cm³/mol. The number of aliphatic imine (C=N–C) groups is 2. The summed E-state index contributed by atoms with van der Waals surface area (Å²) in [5.41, 5.74) is 9.06. The Bertz CT molecular complexity index is 904. The minimum atomic E-state index is -0.327. The summed E-state index contributed by atoms with van der Waals surface area (Å²) in [5, 5.41) is 6.14. The molecule has 3 N–H and O–H groups in total. The third-order valence-corrected chi connectivity index (χ3v) is 5.69. The van der Waals surface area contributed by atoms with Crippen molar-refractivity contribution in [3.05, 3.63) is 34.3 Å². The first-order valence-corrected chi connectivity index (χ1v) is 10.2. The van der Waals surface area contributed by atoms with Gasteiger partial charge in [0.15, 0.2) is 6.04 Å². The third-order valence-electron chi connectivity index (χ3n) is 4.74. The molecule has 1 aromatic carbocycles. The zero-order valence-electron chi connectivity index (χ0n) is 16.0. The molecule has 2 aromatic rings. The van der Waals surface area contributed by atoms with Crippen LogP contribution in [0.25, 0.3) is 0 Å². The Labute approximate surface area is 168 Å². The summed E-state index contributed by atoms with van der Waals surface area (Å²) in [5.74, 6) is 1.64. The molecule has 0 saturated carbocycles. The molecule has 0 amide bonds. The SMILES string of the molecule is CCc1csc(C2N=C(Nc3ccc(N4CCOCC4)cc3OC)N=C2N)n1. The second-order valence-corrected chi connectivity index (χ2v) is 7.42. The van der Waals surface area contributed by atoms with Crippen molar-refractivity contribution in [1.82, 2.24) is 4.98 Å². The summed E-state index contributed by atoms with van der Waals surface area (Å²) in [6, 6.07) is 5.72. The number of hydrogen-bond acceptors (Lipinski definition) is 9. The van der Waals surface area contributed by atoms with Gasteiger partial charge in [0.25, 0.3) is 0 Å². The summed E-state index contributed by atoms with van der Waals surface area (Å²) < 4.78 is 11.0. The van der Waals surface area contributed by atoms with E-state index in [0.29, 0.717) is 11.8 Å². The van der Waals surface area contributed by atoms with E-state index < -0.39 is 0 Å². The summed E-state index contributed by atoms with van der Waals surface area (Å²) >= 11 is 1.56. The molecule has 2 aliphatic heterocycles. The van der Waals surface area contributed by atoms with Crippen LogP contribution in [0.5, 0.6) is 5.75 Å². The van der Waals surface area contributed by atoms with Crippen molar-refractivity contribution in [2.45, 2.75) is 19.4 Å². The van der Waals surface area contributed by atoms with Crippen LogP contribution < -0.4 is 20.7 Å². The molecular formula is C19H24N6O2S. The Hall–Kier alpha value is -2.65. The lowest BCUT2D eigenvalue weighted by atomic mass is 10.2. The number of nitrogens with zero attached hydrogens (tertiary/aromatic N) is 4. The molecule has 3 heterocycles. The minimum Gasteiger partial charge on any atom is -0.494 e. The first-order valence-electron chi connectivity index (χ1n) is 9.32. The van der Waals surface area contributed by atoms with Crippen LogP contribution in [-0.4, -0.2) is 50.2 Å². The number of nitrogens with one attached hydrogen (secondary N) is 1. The van der Waals surface area contributed by atoms with Crippen LogP contribution in [0, 0.1) is 0 Å². The number of aryl methyl sites for hydroxylation is 1. The molecule has 0 spiro atoms. The van der Waals surface area contributed by atoms with Gasteiger partial charge in [-0.3, -0.25) is 0 Å². The highest BCUT2D eigenvalue weighted by atomic mass is 32.1. The van der Waals surface area contributed by atoms with Gasteiger partial charge in [0.2, 0.25) is 5.96 Å². The highest BCUT2D eigenvalue weighted by molar-refractivity contribution is 7.09. The molecule has 8 nitrogen and oxygen atoms in total. The fraction of sp³-hybridized carbons (Fsp3) is 0.421. The number of thiazole rings is 1. The number of methoxy groups -OCH3 is 1. The maximum absolute atomic E-state index is 6.11. The van der Waals surface area contributed by atoms with Gasteiger partial charge in [0.1, 0.15) is 16.6 Å². The van der Waals surface area contributed by atoms with Gasteiger partial charge in [-0.1, -0.05) is 6.92 Å². The number of guanidine groups is 1. The van der Waals surface area contributed by atoms with Gasteiger partial charge in [0, 0.05) is 30.2 Å². The van der Waals surface area contributed by atoms with Crippen LogP contribution in [0.1, 0.15) is 23.7 Å². The Balaban J connectivity index is 1.52. The van der Waals surface area contributed by atoms with Crippen molar-refractivity contribution in [3.8, 4) is 5.75 Å². The average Bonchev–Trinajstić information content (AvgIpc) is 3.35. The molecule has 1 atom stereocenters. The Kier molecular flexibility index (Phi) is 5.45. The first-order chi connectivity index (χ1) is 13.7. The van der Waals surface area contributed by atoms with E-state index in [0.717, 1.165) is 60.5 Å². The standard InChI is InChI=1S/C19H24N6O2S/c1-3-12-11-28-18(21-12)16-17(20)24-19(23-16)22-14-5-4-13(10-15(14)26-2)25-6-8-27-9-7-25/h4-5,10-11,16H,3,6-9H2,1-2H3,(H3,20,22,23,24). The molecule has 0 aliphatic carbocycles. The average molecular weight is 401 g/mol. The summed E-state index contributed by atoms with van der Waals surface area (Å²) in [6.45, 7) is 5.31. The largest absolute Gasteiger partial charge is 0.494 e. The van der Waals surface area contributed by atoms with Crippen molar-refractivity contribution >= 4 is 34.5 Å². The lowest BCUT2D eigenvalue weighted by Gasteiger charge is -2.29. The lowest BCUT2D eigenvalue weighted by molar-refractivity contribution is 0.122. The van der Waals surface area contributed by atoms with Crippen LogP contribution in [0.4, 0.5) is 11.4 Å². The van der Waals surface area contributed by atoms with Crippen LogP contribution >= 0.6 is 11.3 Å². The highest BCUT2D eigenvalue weighted by Gasteiger charge is 2.25.